The van der Waals surface area contributed by atoms with Gasteiger partial charge in [-0.05, 0) is 31.6 Å². The van der Waals surface area contributed by atoms with E-state index < -0.39 is 0 Å². The molecule has 0 aromatic heterocycles. The minimum absolute atomic E-state index is 0.0499. The van der Waals surface area contributed by atoms with Gasteiger partial charge in [-0.2, -0.15) is 0 Å². The van der Waals surface area contributed by atoms with Gasteiger partial charge in [0.15, 0.2) is 0 Å². The Labute approximate surface area is 80.3 Å². The van der Waals surface area contributed by atoms with E-state index in [1.54, 1.807) is 7.11 Å². The van der Waals surface area contributed by atoms with E-state index in [0.717, 1.165) is 31.6 Å². The highest BCUT2D eigenvalue weighted by molar-refractivity contribution is 4.92. The molecule has 0 aromatic rings. The van der Waals surface area contributed by atoms with Gasteiger partial charge < -0.3 is 9.84 Å². The fraction of sp³-hybridized carbons (Fsp3) is 1.00. The maximum atomic E-state index is 9.81. The summed E-state index contributed by atoms with van der Waals surface area (Å²) in [4.78, 5) is 0. The van der Waals surface area contributed by atoms with Crippen LogP contribution in [-0.2, 0) is 4.74 Å². The Balaban J connectivity index is 1.74. The topological polar surface area (TPSA) is 29.5 Å². The Morgan fingerprint density at radius 1 is 1.46 bits per heavy atom. The van der Waals surface area contributed by atoms with Gasteiger partial charge in [0.2, 0.25) is 0 Å². The lowest BCUT2D eigenvalue weighted by Crippen LogP contribution is -2.42. The molecule has 0 amide bonds. The number of hydrogen-bond donors (Lipinski definition) is 1. The third-order valence-electron chi connectivity index (χ3n) is 3.61. The van der Waals surface area contributed by atoms with Crippen molar-refractivity contribution in [1.29, 1.82) is 0 Å². The zero-order valence-electron chi connectivity index (χ0n) is 8.46. The fourth-order valence-corrected chi connectivity index (χ4v) is 2.31. The van der Waals surface area contributed by atoms with Crippen molar-refractivity contribution in [2.24, 2.45) is 5.92 Å². The molecule has 1 atom stereocenters. The summed E-state index contributed by atoms with van der Waals surface area (Å²) in [7, 11) is 1.78. The normalized spacial score (nSPS) is 28.2. The smallest absolute Gasteiger partial charge is 0.0703 e. The van der Waals surface area contributed by atoms with E-state index in [1.165, 1.54) is 19.3 Å². The molecule has 2 rings (SSSR count). The van der Waals surface area contributed by atoms with Gasteiger partial charge in [-0.15, -0.1) is 0 Å². The second-order valence-corrected chi connectivity index (χ2v) is 4.78. The number of ether oxygens (including phenoxy) is 1. The average Bonchev–Trinajstić information content (AvgIpc) is 2.80. The van der Waals surface area contributed by atoms with Crippen molar-refractivity contribution in [3.05, 3.63) is 0 Å². The molecule has 0 radical (unpaired) electrons. The van der Waals surface area contributed by atoms with Crippen LogP contribution < -0.4 is 0 Å². The van der Waals surface area contributed by atoms with Gasteiger partial charge in [0.1, 0.15) is 0 Å². The lowest BCUT2D eigenvalue weighted by atomic mass is 9.75. The maximum absolute atomic E-state index is 9.81. The summed E-state index contributed by atoms with van der Waals surface area (Å²) in [6.45, 7) is 0. The van der Waals surface area contributed by atoms with Crippen molar-refractivity contribution in [2.45, 2.75) is 56.7 Å². The SMILES string of the molecule is COC1(CC(O)CC2CC2)CCC1. The zero-order valence-corrected chi connectivity index (χ0v) is 8.46. The maximum Gasteiger partial charge on any atom is 0.0703 e. The average molecular weight is 184 g/mol. The largest absolute Gasteiger partial charge is 0.393 e. The van der Waals surface area contributed by atoms with Crippen molar-refractivity contribution >= 4 is 0 Å². The predicted molar refractivity (Wildman–Crippen MR) is 51.6 cm³/mol. The van der Waals surface area contributed by atoms with Gasteiger partial charge in [0.05, 0.1) is 11.7 Å². The van der Waals surface area contributed by atoms with Gasteiger partial charge in [-0.25, -0.2) is 0 Å². The van der Waals surface area contributed by atoms with Crippen LogP contribution in [-0.4, -0.2) is 23.9 Å². The van der Waals surface area contributed by atoms with Crippen molar-refractivity contribution in [3.8, 4) is 0 Å². The molecule has 13 heavy (non-hydrogen) atoms. The van der Waals surface area contributed by atoms with E-state index in [9.17, 15) is 5.11 Å². The fourth-order valence-electron chi connectivity index (χ4n) is 2.31. The molecule has 2 heteroatoms. The van der Waals surface area contributed by atoms with Crippen molar-refractivity contribution in [2.75, 3.05) is 7.11 Å². The van der Waals surface area contributed by atoms with E-state index in [2.05, 4.69) is 0 Å². The number of aliphatic hydroxyl groups excluding tert-OH is 1. The molecule has 2 aliphatic carbocycles. The Hall–Kier alpha value is -0.0800. The van der Waals surface area contributed by atoms with Gasteiger partial charge in [0, 0.05) is 13.5 Å². The van der Waals surface area contributed by atoms with Crippen LogP contribution in [0.1, 0.15) is 44.9 Å². The number of methoxy groups -OCH3 is 1. The van der Waals surface area contributed by atoms with Crippen molar-refractivity contribution < 1.29 is 9.84 Å². The minimum atomic E-state index is -0.118. The van der Waals surface area contributed by atoms with E-state index in [-0.39, 0.29) is 11.7 Å². The first kappa shape index (κ1) is 9.47. The molecule has 2 nitrogen and oxygen atoms in total. The highest BCUT2D eigenvalue weighted by atomic mass is 16.5. The molecule has 0 bridgehead atoms. The lowest BCUT2D eigenvalue weighted by Gasteiger charge is -2.41. The van der Waals surface area contributed by atoms with Gasteiger partial charge in [-0.1, -0.05) is 12.8 Å². The Kier molecular flexibility index (Phi) is 2.61. The third kappa shape index (κ3) is 2.23. The van der Waals surface area contributed by atoms with Crippen LogP contribution in [0.3, 0.4) is 0 Å². The second-order valence-electron chi connectivity index (χ2n) is 4.78. The highest BCUT2D eigenvalue weighted by Crippen LogP contribution is 2.41. The number of hydrogen-bond acceptors (Lipinski definition) is 2. The molecule has 1 unspecified atom stereocenters. The molecule has 0 heterocycles. The Morgan fingerprint density at radius 2 is 2.15 bits per heavy atom. The van der Waals surface area contributed by atoms with Crippen LogP contribution in [0.25, 0.3) is 0 Å². The van der Waals surface area contributed by atoms with Crippen LogP contribution in [0.5, 0.6) is 0 Å². The Morgan fingerprint density at radius 3 is 2.54 bits per heavy atom. The summed E-state index contributed by atoms with van der Waals surface area (Å²) in [5, 5.41) is 9.81. The summed E-state index contributed by atoms with van der Waals surface area (Å²) in [6, 6.07) is 0. The van der Waals surface area contributed by atoms with Crippen LogP contribution in [0.4, 0.5) is 0 Å². The molecule has 1 N–H and O–H groups in total. The lowest BCUT2D eigenvalue weighted by molar-refractivity contribution is -0.100. The second kappa shape index (κ2) is 3.58. The molecule has 2 saturated carbocycles. The molecular weight excluding hydrogens is 164 g/mol. The summed E-state index contributed by atoms with van der Waals surface area (Å²) in [5.74, 6) is 0.823. The van der Waals surface area contributed by atoms with Crippen LogP contribution in [0, 0.1) is 5.92 Å². The first-order chi connectivity index (χ1) is 6.24. The molecule has 0 aliphatic heterocycles. The molecule has 2 aliphatic rings. The molecule has 0 aromatic carbocycles. The van der Waals surface area contributed by atoms with E-state index in [4.69, 9.17) is 4.74 Å². The molecule has 0 spiro atoms. The first-order valence-corrected chi connectivity index (χ1v) is 5.47. The summed E-state index contributed by atoms with van der Waals surface area (Å²) in [6.07, 6.45) is 7.97. The van der Waals surface area contributed by atoms with E-state index in [1.807, 2.05) is 0 Å². The standard InChI is InChI=1S/C11H20O2/c1-13-11(5-2-6-11)8-10(12)7-9-3-4-9/h9-10,12H,2-8H2,1H3. The highest BCUT2D eigenvalue weighted by Gasteiger charge is 2.39. The molecule has 0 saturated heterocycles. The number of aliphatic hydroxyl groups is 1. The molecular formula is C11H20O2. The van der Waals surface area contributed by atoms with E-state index in [0.29, 0.717) is 0 Å². The summed E-state index contributed by atoms with van der Waals surface area (Å²) >= 11 is 0. The Bertz CT molecular complexity index is 165. The van der Waals surface area contributed by atoms with E-state index >= 15 is 0 Å². The van der Waals surface area contributed by atoms with Gasteiger partial charge >= 0.3 is 0 Å². The summed E-state index contributed by atoms with van der Waals surface area (Å²) < 4.78 is 5.49. The van der Waals surface area contributed by atoms with Gasteiger partial charge in [0.25, 0.3) is 0 Å². The quantitative estimate of drug-likeness (QED) is 0.709. The molecule has 76 valence electrons. The number of rotatable bonds is 5. The first-order valence-electron chi connectivity index (χ1n) is 5.47. The van der Waals surface area contributed by atoms with Crippen molar-refractivity contribution in [1.82, 2.24) is 0 Å². The minimum Gasteiger partial charge on any atom is -0.393 e. The van der Waals surface area contributed by atoms with Crippen LogP contribution in [0.15, 0.2) is 0 Å². The third-order valence-corrected chi connectivity index (χ3v) is 3.61. The summed E-state index contributed by atoms with van der Waals surface area (Å²) in [5.41, 5.74) is 0.0499. The van der Waals surface area contributed by atoms with Crippen LogP contribution in [0.2, 0.25) is 0 Å². The monoisotopic (exact) mass is 184 g/mol. The van der Waals surface area contributed by atoms with Crippen molar-refractivity contribution in [3.63, 3.8) is 0 Å². The van der Waals surface area contributed by atoms with Crippen LogP contribution >= 0.6 is 0 Å². The van der Waals surface area contributed by atoms with Gasteiger partial charge in [-0.3, -0.25) is 0 Å². The molecule has 2 fully saturated rings. The zero-order chi connectivity index (χ0) is 9.31. The predicted octanol–water partition coefficient (Wildman–Crippen LogP) is 2.11.